The Hall–Kier alpha value is -2.55. The third kappa shape index (κ3) is 3.81. The largest absolute Gasteiger partial charge is 0.547 e. The topological polar surface area (TPSA) is 133 Å². The number of benzene rings is 1. The second-order valence-electron chi connectivity index (χ2n) is 5.34. The molecule has 0 unspecified atom stereocenters. The van der Waals surface area contributed by atoms with Crippen molar-refractivity contribution in [3.8, 4) is 11.5 Å². The minimum atomic E-state index is -1.45. The van der Waals surface area contributed by atoms with Crippen molar-refractivity contribution < 1.29 is 34.3 Å². The number of amides is 1. The number of aromatic hydroxyl groups is 1. The molecule has 1 amide bonds. The molecule has 0 aliphatic carbocycles. The first-order chi connectivity index (χ1) is 10.8. The summed E-state index contributed by atoms with van der Waals surface area (Å²) < 4.78 is 5.18. The highest BCUT2D eigenvalue weighted by molar-refractivity contribution is 6.47. The lowest BCUT2D eigenvalue weighted by Gasteiger charge is -2.29. The van der Waals surface area contributed by atoms with E-state index in [0.29, 0.717) is 5.56 Å². The predicted octanol–water partition coefficient (Wildman–Crippen LogP) is -0.101. The number of carbonyl (C=O) groups is 3. The molecule has 0 aromatic heterocycles. The summed E-state index contributed by atoms with van der Waals surface area (Å²) in [6.45, 7) is 1.38. The Morgan fingerprint density at radius 1 is 1.35 bits per heavy atom. The molecule has 1 aliphatic rings. The van der Waals surface area contributed by atoms with Gasteiger partial charge >= 0.3 is 13.1 Å². The molecule has 23 heavy (non-hydrogen) atoms. The average Bonchev–Trinajstić information content (AvgIpc) is 2.45. The normalized spacial score (nSPS) is 16.3. The standard InChI is InChI=1S/C14H16BNO7/c1-7(17)2-5-11(19)16-10-6-8-3-4-9(18)12(14(20)21)13(8)23-15(10)22/h3-4,10,18,22H,2,5-6H2,1H3,(H,16,19)(H,20,21)/t10-/m0/s1. The lowest BCUT2D eigenvalue weighted by atomic mass is 9.72. The van der Waals surface area contributed by atoms with Crippen molar-refractivity contribution in [1.29, 1.82) is 0 Å². The van der Waals surface area contributed by atoms with Gasteiger partial charge in [0.1, 0.15) is 22.8 Å². The molecule has 1 aromatic rings. The number of ketones is 1. The fraction of sp³-hybridized carbons (Fsp3) is 0.357. The van der Waals surface area contributed by atoms with Gasteiger partial charge < -0.3 is 30.0 Å². The zero-order valence-corrected chi connectivity index (χ0v) is 12.4. The smallest absolute Gasteiger partial charge is 0.534 e. The van der Waals surface area contributed by atoms with Crippen LogP contribution in [-0.4, -0.2) is 46.0 Å². The summed E-state index contributed by atoms with van der Waals surface area (Å²) in [5.41, 5.74) is 0.0188. The first kappa shape index (κ1) is 16.8. The van der Waals surface area contributed by atoms with E-state index in [1.807, 2.05) is 0 Å². The monoisotopic (exact) mass is 321 g/mol. The minimum Gasteiger partial charge on any atom is -0.534 e. The van der Waals surface area contributed by atoms with Crippen LogP contribution in [0, 0.1) is 0 Å². The van der Waals surface area contributed by atoms with Gasteiger partial charge in [-0.3, -0.25) is 4.79 Å². The first-order valence-corrected chi connectivity index (χ1v) is 7.01. The second-order valence-corrected chi connectivity index (χ2v) is 5.34. The number of Topliss-reactive ketones (excluding diaryl/α,β-unsaturated/α-hetero) is 1. The van der Waals surface area contributed by atoms with Crippen LogP contribution in [0.3, 0.4) is 0 Å². The van der Waals surface area contributed by atoms with E-state index in [9.17, 15) is 24.5 Å². The van der Waals surface area contributed by atoms with Crippen molar-refractivity contribution in [2.45, 2.75) is 32.1 Å². The van der Waals surface area contributed by atoms with Crippen molar-refractivity contribution in [2.24, 2.45) is 0 Å². The Bertz CT molecular complexity index is 661. The number of carboxylic acids is 1. The van der Waals surface area contributed by atoms with Crippen molar-refractivity contribution in [3.05, 3.63) is 23.3 Å². The third-order valence-electron chi connectivity index (χ3n) is 3.50. The van der Waals surface area contributed by atoms with Gasteiger partial charge in [0.15, 0.2) is 0 Å². The quantitative estimate of drug-likeness (QED) is 0.556. The molecule has 9 heteroatoms. The predicted molar refractivity (Wildman–Crippen MR) is 79.2 cm³/mol. The number of phenols is 1. The first-order valence-electron chi connectivity index (χ1n) is 7.01. The molecule has 0 bridgehead atoms. The van der Waals surface area contributed by atoms with Crippen molar-refractivity contribution >= 4 is 24.8 Å². The van der Waals surface area contributed by atoms with Crippen LogP contribution in [0.2, 0.25) is 0 Å². The summed E-state index contributed by atoms with van der Waals surface area (Å²) in [6, 6.07) is 2.69. The van der Waals surface area contributed by atoms with Crippen LogP contribution in [0.1, 0.15) is 35.7 Å². The molecule has 0 fully saturated rings. The van der Waals surface area contributed by atoms with Crippen LogP contribution in [0.25, 0.3) is 0 Å². The molecule has 122 valence electrons. The van der Waals surface area contributed by atoms with Crippen LogP contribution in [0.15, 0.2) is 12.1 Å². The third-order valence-corrected chi connectivity index (χ3v) is 3.50. The minimum absolute atomic E-state index is 0.00135. The SMILES string of the molecule is CC(=O)CCC(=O)N[C@H]1Cc2ccc(O)c(C(=O)O)c2OB1O. The molecular weight excluding hydrogens is 305 g/mol. The number of fused-ring (bicyclic) bond motifs is 1. The Balaban J connectivity index is 2.15. The molecular formula is C14H16BNO7. The van der Waals surface area contributed by atoms with E-state index in [1.165, 1.54) is 19.1 Å². The number of hydrogen-bond acceptors (Lipinski definition) is 6. The average molecular weight is 321 g/mol. The molecule has 1 heterocycles. The van der Waals surface area contributed by atoms with Gasteiger partial charge in [0.05, 0.1) is 5.94 Å². The van der Waals surface area contributed by atoms with Crippen LogP contribution in [0.5, 0.6) is 11.5 Å². The molecule has 1 aliphatic heterocycles. The van der Waals surface area contributed by atoms with E-state index in [2.05, 4.69) is 5.32 Å². The molecule has 0 spiro atoms. The molecule has 2 rings (SSSR count). The summed E-state index contributed by atoms with van der Waals surface area (Å²) in [6.07, 6.45) is 0.243. The van der Waals surface area contributed by atoms with Gasteiger partial charge in [-0.25, -0.2) is 4.79 Å². The Morgan fingerprint density at radius 2 is 2.04 bits per heavy atom. The number of hydrogen-bond donors (Lipinski definition) is 4. The van der Waals surface area contributed by atoms with Crippen LogP contribution < -0.4 is 9.97 Å². The maximum Gasteiger partial charge on any atom is 0.547 e. The van der Waals surface area contributed by atoms with Crippen molar-refractivity contribution in [1.82, 2.24) is 5.32 Å². The second kappa shape index (κ2) is 6.70. The van der Waals surface area contributed by atoms with Gasteiger partial charge in [-0.05, 0) is 25.0 Å². The van der Waals surface area contributed by atoms with Crippen LogP contribution in [0.4, 0.5) is 0 Å². The summed E-state index contributed by atoms with van der Waals surface area (Å²) in [5, 5.41) is 31.2. The number of carboxylic acid groups (broad SMARTS) is 1. The molecule has 8 nitrogen and oxygen atoms in total. The Labute approximate surface area is 132 Å². The maximum atomic E-state index is 11.7. The van der Waals surface area contributed by atoms with Gasteiger partial charge in [0, 0.05) is 12.8 Å². The Morgan fingerprint density at radius 3 is 2.65 bits per heavy atom. The number of carbonyl (C=O) groups excluding carboxylic acids is 2. The fourth-order valence-corrected chi connectivity index (χ4v) is 2.35. The number of rotatable bonds is 5. The highest BCUT2D eigenvalue weighted by Gasteiger charge is 2.38. The van der Waals surface area contributed by atoms with E-state index >= 15 is 0 Å². The Kier molecular flexibility index (Phi) is 4.90. The molecule has 0 saturated carbocycles. The summed E-state index contributed by atoms with van der Waals surface area (Å²) in [7, 11) is -1.45. The maximum absolute atomic E-state index is 11.7. The van der Waals surface area contributed by atoms with E-state index in [-0.39, 0.29) is 30.8 Å². The van der Waals surface area contributed by atoms with E-state index in [0.717, 1.165) is 0 Å². The van der Waals surface area contributed by atoms with Gasteiger partial charge in [0.25, 0.3) is 0 Å². The lowest BCUT2D eigenvalue weighted by molar-refractivity contribution is -0.124. The summed E-state index contributed by atoms with van der Waals surface area (Å²) in [5.74, 6) is -3.25. The van der Waals surface area contributed by atoms with Crippen LogP contribution >= 0.6 is 0 Å². The fourth-order valence-electron chi connectivity index (χ4n) is 2.35. The molecule has 0 radical (unpaired) electrons. The van der Waals surface area contributed by atoms with E-state index < -0.39 is 36.2 Å². The summed E-state index contributed by atoms with van der Waals surface area (Å²) in [4.78, 5) is 33.8. The zero-order valence-electron chi connectivity index (χ0n) is 12.4. The highest BCUT2D eigenvalue weighted by atomic mass is 16.5. The molecule has 1 aromatic carbocycles. The van der Waals surface area contributed by atoms with Gasteiger partial charge in [-0.2, -0.15) is 0 Å². The van der Waals surface area contributed by atoms with Crippen molar-refractivity contribution in [3.63, 3.8) is 0 Å². The molecule has 1 atom stereocenters. The summed E-state index contributed by atoms with van der Waals surface area (Å²) >= 11 is 0. The van der Waals surface area contributed by atoms with Crippen LogP contribution in [-0.2, 0) is 16.0 Å². The van der Waals surface area contributed by atoms with E-state index in [1.54, 1.807) is 0 Å². The van der Waals surface area contributed by atoms with Gasteiger partial charge in [0.2, 0.25) is 5.91 Å². The van der Waals surface area contributed by atoms with Gasteiger partial charge in [-0.15, -0.1) is 0 Å². The number of nitrogens with one attached hydrogen (secondary N) is 1. The highest BCUT2D eigenvalue weighted by Crippen LogP contribution is 2.35. The molecule has 0 saturated heterocycles. The van der Waals surface area contributed by atoms with Gasteiger partial charge in [-0.1, -0.05) is 6.07 Å². The molecule has 4 N–H and O–H groups in total. The van der Waals surface area contributed by atoms with E-state index in [4.69, 9.17) is 9.76 Å². The zero-order chi connectivity index (χ0) is 17.1. The number of aromatic carboxylic acids is 1. The van der Waals surface area contributed by atoms with Crippen molar-refractivity contribution in [2.75, 3.05) is 0 Å². The lowest BCUT2D eigenvalue weighted by Crippen LogP contribution is -2.53.